The fourth-order valence-corrected chi connectivity index (χ4v) is 5.27. The first-order chi connectivity index (χ1) is 16.9. The van der Waals surface area contributed by atoms with E-state index in [9.17, 15) is 9.59 Å². The number of benzene rings is 2. The second-order valence-electron chi connectivity index (χ2n) is 8.00. The molecule has 0 fully saturated rings. The van der Waals surface area contributed by atoms with Crippen molar-refractivity contribution in [2.24, 2.45) is 4.99 Å². The van der Waals surface area contributed by atoms with E-state index >= 15 is 0 Å². The Morgan fingerprint density at radius 1 is 1.11 bits per heavy atom. The standard InChI is InChI=1S/C27H28N2O5S/c1-6-33-21-11-9-8-10-19(21)24-23(26(31)34-7-2)17(4)28-27-29(24)25(30)22(35-27)15-18-12-13-20(32-5)16(3)14-18/h8-15,24H,6-7H2,1-5H3/b22-15-/t24-/m1/s1. The Hall–Kier alpha value is -3.65. The van der Waals surface area contributed by atoms with E-state index < -0.39 is 12.0 Å². The van der Waals surface area contributed by atoms with Gasteiger partial charge in [-0.05, 0) is 63.1 Å². The van der Waals surface area contributed by atoms with Crippen molar-refractivity contribution in [2.45, 2.75) is 33.7 Å². The van der Waals surface area contributed by atoms with Gasteiger partial charge in [-0.25, -0.2) is 9.79 Å². The van der Waals surface area contributed by atoms with E-state index in [1.54, 1.807) is 25.5 Å². The number of hydrogen-bond acceptors (Lipinski definition) is 7. The number of para-hydroxylation sites is 1. The first-order valence-corrected chi connectivity index (χ1v) is 12.3. The number of ether oxygens (including phenoxy) is 3. The van der Waals surface area contributed by atoms with Gasteiger partial charge in [0.15, 0.2) is 4.80 Å². The maximum Gasteiger partial charge on any atom is 0.338 e. The average molecular weight is 493 g/mol. The van der Waals surface area contributed by atoms with Gasteiger partial charge in [0.1, 0.15) is 17.5 Å². The Kier molecular flexibility index (Phi) is 7.21. The summed E-state index contributed by atoms with van der Waals surface area (Å²) in [6.07, 6.45) is 1.84. The molecule has 8 heteroatoms. The number of carbonyl (C=O) groups is 1. The number of nitrogens with zero attached hydrogens (tertiary/aromatic N) is 2. The van der Waals surface area contributed by atoms with Crippen molar-refractivity contribution in [1.29, 1.82) is 0 Å². The molecule has 0 saturated carbocycles. The maximum atomic E-state index is 13.8. The zero-order valence-corrected chi connectivity index (χ0v) is 21.3. The molecule has 4 rings (SSSR count). The molecule has 0 unspecified atom stereocenters. The molecule has 2 heterocycles. The molecule has 35 heavy (non-hydrogen) atoms. The molecule has 0 N–H and O–H groups in total. The van der Waals surface area contributed by atoms with E-state index in [0.717, 1.165) is 16.9 Å². The van der Waals surface area contributed by atoms with Gasteiger partial charge in [-0.2, -0.15) is 0 Å². The van der Waals surface area contributed by atoms with Crippen LogP contribution in [0.3, 0.4) is 0 Å². The third-order valence-electron chi connectivity index (χ3n) is 5.75. The predicted molar refractivity (Wildman–Crippen MR) is 136 cm³/mol. The number of allylic oxidation sites excluding steroid dienone is 1. The highest BCUT2D eigenvalue weighted by Crippen LogP contribution is 2.35. The zero-order valence-electron chi connectivity index (χ0n) is 20.5. The number of thiazole rings is 1. The minimum absolute atomic E-state index is 0.219. The highest BCUT2D eigenvalue weighted by atomic mass is 32.1. The summed E-state index contributed by atoms with van der Waals surface area (Å²) in [6.45, 7) is 8.04. The van der Waals surface area contributed by atoms with E-state index in [2.05, 4.69) is 4.99 Å². The van der Waals surface area contributed by atoms with Crippen LogP contribution in [0.1, 0.15) is 43.5 Å². The molecule has 0 saturated heterocycles. The summed E-state index contributed by atoms with van der Waals surface area (Å²) in [7, 11) is 1.63. The van der Waals surface area contributed by atoms with E-state index in [1.807, 2.05) is 62.4 Å². The molecule has 2 aromatic carbocycles. The minimum Gasteiger partial charge on any atom is -0.496 e. The van der Waals surface area contributed by atoms with Crippen molar-refractivity contribution in [1.82, 2.24) is 4.57 Å². The molecule has 1 atom stereocenters. The summed E-state index contributed by atoms with van der Waals surface area (Å²) in [5.74, 6) is 0.896. The van der Waals surface area contributed by atoms with Crippen LogP contribution in [0.2, 0.25) is 0 Å². The lowest BCUT2D eigenvalue weighted by Crippen LogP contribution is -2.40. The molecule has 182 valence electrons. The molecule has 1 aliphatic heterocycles. The molecule has 0 radical (unpaired) electrons. The summed E-state index contributed by atoms with van der Waals surface area (Å²) in [4.78, 5) is 32.0. The fraction of sp³-hybridized carbons (Fsp3) is 0.296. The number of aromatic nitrogens is 1. The topological polar surface area (TPSA) is 79.1 Å². The Morgan fingerprint density at radius 2 is 1.89 bits per heavy atom. The first kappa shape index (κ1) is 24.5. The molecule has 7 nitrogen and oxygen atoms in total. The van der Waals surface area contributed by atoms with Gasteiger partial charge < -0.3 is 14.2 Å². The van der Waals surface area contributed by atoms with Crippen molar-refractivity contribution in [3.63, 3.8) is 0 Å². The molecular weight excluding hydrogens is 464 g/mol. The number of aryl methyl sites for hydroxylation is 1. The van der Waals surface area contributed by atoms with Gasteiger partial charge in [-0.1, -0.05) is 35.6 Å². The van der Waals surface area contributed by atoms with Crippen LogP contribution < -0.4 is 24.4 Å². The number of methoxy groups -OCH3 is 1. The lowest BCUT2D eigenvalue weighted by molar-refractivity contribution is -0.139. The smallest absolute Gasteiger partial charge is 0.338 e. The zero-order chi connectivity index (χ0) is 25.1. The number of esters is 1. The third-order valence-corrected chi connectivity index (χ3v) is 6.73. The monoisotopic (exact) mass is 492 g/mol. The van der Waals surface area contributed by atoms with E-state index in [0.29, 0.717) is 38.5 Å². The van der Waals surface area contributed by atoms with Crippen LogP contribution in [-0.4, -0.2) is 30.9 Å². The summed E-state index contributed by atoms with van der Waals surface area (Å²) in [5, 5.41) is 0. The van der Waals surface area contributed by atoms with Crippen molar-refractivity contribution in [3.8, 4) is 11.5 Å². The van der Waals surface area contributed by atoms with Gasteiger partial charge in [-0.15, -0.1) is 0 Å². The Morgan fingerprint density at radius 3 is 2.57 bits per heavy atom. The van der Waals surface area contributed by atoms with Crippen molar-refractivity contribution in [2.75, 3.05) is 20.3 Å². The van der Waals surface area contributed by atoms with E-state index in [1.165, 1.54) is 11.3 Å². The Bertz CT molecular complexity index is 1480. The highest BCUT2D eigenvalue weighted by Gasteiger charge is 2.35. The molecule has 1 aromatic heterocycles. The summed E-state index contributed by atoms with van der Waals surface area (Å²) < 4.78 is 18.7. The van der Waals surface area contributed by atoms with Crippen LogP contribution in [0.5, 0.6) is 11.5 Å². The number of rotatable bonds is 7. The third kappa shape index (κ3) is 4.66. The normalized spacial score (nSPS) is 15.5. The van der Waals surface area contributed by atoms with Gasteiger partial charge in [0.05, 0.1) is 36.1 Å². The van der Waals surface area contributed by atoms with Crippen LogP contribution >= 0.6 is 11.3 Å². The Balaban J connectivity index is 1.96. The fourth-order valence-electron chi connectivity index (χ4n) is 4.22. The second kappa shape index (κ2) is 10.3. The van der Waals surface area contributed by atoms with Crippen molar-refractivity contribution in [3.05, 3.63) is 90.1 Å². The SMILES string of the molecule is CCOC(=O)C1=C(C)N=c2s/c(=C\c3ccc(OC)c(C)c3)c(=O)n2[C@@H]1c1ccccc1OCC. The molecule has 0 amide bonds. The van der Waals surface area contributed by atoms with Crippen molar-refractivity contribution < 1.29 is 19.0 Å². The number of hydrogen-bond donors (Lipinski definition) is 0. The molecule has 0 aliphatic carbocycles. The molecule has 3 aromatic rings. The quantitative estimate of drug-likeness (QED) is 0.472. The summed E-state index contributed by atoms with van der Waals surface area (Å²) >= 11 is 1.29. The van der Waals surface area contributed by atoms with Crippen molar-refractivity contribution >= 4 is 23.4 Å². The van der Waals surface area contributed by atoms with Crippen LogP contribution in [0, 0.1) is 6.92 Å². The van der Waals surface area contributed by atoms with E-state index in [4.69, 9.17) is 14.2 Å². The Labute approximate surface area is 207 Å². The lowest BCUT2D eigenvalue weighted by atomic mass is 9.95. The lowest BCUT2D eigenvalue weighted by Gasteiger charge is -2.26. The van der Waals surface area contributed by atoms with Gasteiger partial charge in [0.25, 0.3) is 5.56 Å². The first-order valence-electron chi connectivity index (χ1n) is 11.5. The van der Waals surface area contributed by atoms with Gasteiger partial charge in [-0.3, -0.25) is 9.36 Å². The maximum absolute atomic E-state index is 13.8. The second-order valence-corrected chi connectivity index (χ2v) is 9.01. The molecule has 0 bridgehead atoms. The molecule has 0 spiro atoms. The van der Waals surface area contributed by atoms with Gasteiger partial charge in [0, 0.05) is 5.56 Å². The van der Waals surface area contributed by atoms with Gasteiger partial charge in [0.2, 0.25) is 0 Å². The number of carbonyl (C=O) groups excluding carboxylic acids is 1. The van der Waals surface area contributed by atoms with Crippen LogP contribution in [0.15, 0.2) is 63.5 Å². The average Bonchev–Trinajstić information content (AvgIpc) is 3.13. The van der Waals surface area contributed by atoms with E-state index in [-0.39, 0.29) is 12.2 Å². The number of fused-ring (bicyclic) bond motifs is 1. The minimum atomic E-state index is -0.715. The van der Waals surface area contributed by atoms with Crippen LogP contribution in [-0.2, 0) is 9.53 Å². The predicted octanol–water partition coefficient (Wildman–Crippen LogP) is 3.51. The summed E-state index contributed by atoms with van der Waals surface area (Å²) in [5.41, 5.74) is 3.18. The molecule has 1 aliphatic rings. The van der Waals surface area contributed by atoms with Crippen LogP contribution in [0.25, 0.3) is 6.08 Å². The van der Waals surface area contributed by atoms with Crippen LogP contribution in [0.4, 0.5) is 0 Å². The molecular formula is C27H28N2O5S. The summed E-state index contributed by atoms with van der Waals surface area (Å²) in [6, 6.07) is 12.5. The highest BCUT2D eigenvalue weighted by molar-refractivity contribution is 7.07. The largest absolute Gasteiger partial charge is 0.496 e. The van der Waals surface area contributed by atoms with Gasteiger partial charge >= 0.3 is 5.97 Å².